The van der Waals surface area contributed by atoms with Gasteiger partial charge in [-0.1, -0.05) is 84.4 Å². The van der Waals surface area contributed by atoms with Crippen LogP contribution in [0.1, 0.15) is 5.56 Å². The van der Waals surface area contributed by atoms with Crippen molar-refractivity contribution in [3.05, 3.63) is 157 Å². The molecule has 0 saturated heterocycles. The molecule has 0 spiro atoms. The summed E-state index contributed by atoms with van der Waals surface area (Å²) in [4.78, 5) is 0. The van der Waals surface area contributed by atoms with Gasteiger partial charge in [-0.25, -0.2) is 0 Å². The topological polar surface area (TPSA) is 9.86 Å². The smallest absolute Gasteiger partial charge is 0.0548 e. The maximum atomic E-state index is 2.42. The Morgan fingerprint density at radius 2 is 1.02 bits per heavy atom. The Hall–Kier alpha value is -5.64. The average molecular weight is 605 g/mol. The zero-order valence-electron chi connectivity index (χ0n) is 25.2. The number of thiophene rings is 1. The lowest BCUT2D eigenvalue weighted by Gasteiger charge is -2.10. The summed E-state index contributed by atoms with van der Waals surface area (Å²) in [6.45, 7) is 2.17. The minimum atomic E-state index is 1.17. The number of aromatic nitrogens is 2. The van der Waals surface area contributed by atoms with E-state index in [4.69, 9.17) is 0 Å². The van der Waals surface area contributed by atoms with Gasteiger partial charge in [0.2, 0.25) is 0 Å². The molecule has 0 aliphatic heterocycles. The number of hydrogen-bond donors (Lipinski definition) is 0. The highest BCUT2D eigenvalue weighted by atomic mass is 32.1. The summed E-state index contributed by atoms with van der Waals surface area (Å²) in [6, 6.07) is 55.7. The van der Waals surface area contributed by atoms with Crippen molar-refractivity contribution >= 4 is 75.1 Å². The number of benzene rings is 7. The van der Waals surface area contributed by atoms with Crippen molar-refractivity contribution in [1.82, 2.24) is 9.13 Å². The second kappa shape index (κ2) is 9.68. The van der Waals surface area contributed by atoms with Gasteiger partial charge in [-0.3, -0.25) is 0 Å². The highest BCUT2D eigenvalue weighted by molar-refractivity contribution is 7.26. The van der Waals surface area contributed by atoms with Crippen LogP contribution in [-0.2, 0) is 0 Å². The molecule has 10 aromatic rings. The van der Waals surface area contributed by atoms with Gasteiger partial charge in [0, 0.05) is 53.1 Å². The monoisotopic (exact) mass is 604 g/mol. The molecule has 0 saturated carbocycles. The summed E-state index contributed by atoms with van der Waals surface area (Å²) in [7, 11) is 0. The molecular formula is C43H28N2S. The second-order valence-electron chi connectivity index (χ2n) is 12.3. The number of hydrogen-bond acceptors (Lipinski definition) is 1. The fourth-order valence-electron chi connectivity index (χ4n) is 7.53. The van der Waals surface area contributed by atoms with E-state index in [9.17, 15) is 0 Å². The summed E-state index contributed by atoms with van der Waals surface area (Å²) in [5.74, 6) is 0. The Balaban J connectivity index is 1.19. The van der Waals surface area contributed by atoms with Crippen LogP contribution in [-0.4, -0.2) is 9.13 Å². The summed E-state index contributed by atoms with van der Waals surface area (Å²) in [5, 5.41) is 7.88. The average Bonchev–Trinajstić information content (AvgIpc) is 3.76. The van der Waals surface area contributed by atoms with Crippen LogP contribution < -0.4 is 0 Å². The zero-order valence-corrected chi connectivity index (χ0v) is 26.1. The number of aryl methyl sites for hydroxylation is 1. The largest absolute Gasteiger partial charge is 0.309 e. The zero-order chi connectivity index (χ0) is 30.4. The molecule has 7 aromatic carbocycles. The molecule has 10 rings (SSSR count). The molecule has 0 radical (unpaired) electrons. The van der Waals surface area contributed by atoms with Crippen LogP contribution in [0, 0.1) is 6.92 Å². The summed E-state index contributed by atoms with van der Waals surface area (Å²) < 4.78 is 7.48. The molecule has 0 unspecified atom stereocenters. The Bertz CT molecular complexity index is 2790. The summed E-state index contributed by atoms with van der Waals surface area (Å²) >= 11 is 1.88. The lowest BCUT2D eigenvalue weighted by Crippen LogP contribution is -1.94. The maximum absolute atomic E-state index is 2.42. The fraction of sp³-hybridized carbons (Fsp3) is 0.0233. The minimum Gasteiger partial charge on any atom is -0.309 e. The number of nitrogens with zero attached hydrogens (tertiary/aromatic N) is 2. The van der Waals surface area contributed by atoms with Crippen LogP contribution in [0.3, 0.4) is 0 Å². The molecule has 0 atom stereocenters. The standard InChI is InChI=1S/C43H28N2S/c1-27-15-21-37-34(25-27)32-11-5-7-13-36(32)44(37)31-19-16-28(17-20-31)29-18-22-38-35(26-29)42-39(45(38)30-9-3-2-4-10-30)23-24-41-43(42)33-12-6-8-14-40(33)46-41/h2-26H,1H3. The van der Waals surface area contributed by atoms with Gasteiger partial charge < -0.3 is 9.13 Å². The van der Waals surface area contributed by atoms with Crippen molar-refractivity contribution in [2.75, 3.05) is 0 Å². The van der Waals surface area contributed by atoms with E-state index in [0.717, 1.165) is 0 Å². The molecule has 3 heteroatoms. The first-order valence-corrected chi connectivity index (χ1v) is 16.6. The molecule has 0 fully saturated rings. The third kappa shape index (κ3) is 3.64. The Morgan fingerprint density at radius 3 is 1.89 bits per heavy atom. The molecule has 3 heterocycles. The van der Waals surface area contributed by atoms with Crippen molar-refractivity contribution in [2.24, 2.45) is 0 Å². The van der Waals surface area contributed by atoms with Crippen LogP contribution in [0.25, 0.3) is 86.3 Å². The maximum Gasteiger partial charge on any atom is 0.0548 e. The van der Waals surface area contributed by atoms with Gasteiger partial charge in [-0.05, 0) is 90.8 Å². The first-order valence-electron chi connectivity index (χ1n) is 15.8. The van der Waals surface area contributed by atoms with Crippen molar-refractivity contribution in [2.45, 2.75) is 6.92 Å². The molecule has 0 aliphatic rings. The highest BCUT2D eigenvalue weighted by Gasteiger charge is 2.19. The molecule has 0 N–H and O–H groups in total. The number of para-hydroxylation sites is 2. The van der Waals surface area contributed by atoms with Gasteiger partial charge in [0.05, 0.1) is 22.1 Å². The van der Waals surface area contributed by atoms with E-state index in [1.807, 2.05) is 11.3 Å². The SMILES string of the molecule is Cc1ccc2c(c1)c1ccccc1n2-c1ccc(-c2ccc3c(c2)c2c4c(ccc2n3-c2ccccc2)sc2ccccc24)cc1. The van der Waals surface area contributed by atoms with Crippen LogP contribution >= 0.6 is 11.3 Å². The summed E-state index contributed by atoms with van der Waals surface area (Å²) in [6.07, 6.45) is 0. The predicted molar refractivity (Wildman–Crippen MR) is 198 cm³/mol. The Morgan fingerprint density at radius 1 is 0.391 bits per heavy atom. The highest BCUT2D eigenvalue weighted by Crippen LogP contribution is 2.44. The van der Waals surface area contributed by atoms with E-state index in [1.165, 1.54) is 91.8 Å². The Kier molecular flexibility index (Phi) is 5.40. The first kappa shape index (κ1) is 25.7. The molecule has 0 bridgehead atoms. The van der Waals surface area contributed by atoms with Crippen molar-refractivity contribution < 1.29 is 0 Å². The van der Waals surface area contributed by atoms with Crippen molar-refractivity contribution in [3.8, 4) is 22.5 Å². The molecule has 2 nitrogen and oxygen atoms in total. The van der Waals surface area contributed by atoms with Crippen LogP contribution in [0.2, 0.25) is 0 Å². The molecule has 0 aliphatic carbocycles. The molecule has 46 heavy (non-hydrogen) atoms. The molecule has 0 amide bonds. The molecular weight excluding hydrogens is 577 g/mol. The second-order valence-corrected chi connectivity index (χ2v) is 13.3. The van der Waals surface area contributed by atoms with Gasteiger partial charge in [0.1, 0.15) is 0 Å². The van der Waals surface area contributed by atoms with E-state index < -0.39 is 0 Å². The fourth-order valence-corrected chi connectivity index (χ4v) is 8.64. The van der Waals surface area contributed by atoms with Crippen LogP contribution in [0.5, 0.6) is 0 Å². The molecule has 3 aromatic heterocycles. The lowest BCUT2D eigenvalue weighted by atomic mass is 10.0. The van der Waals surface area contributed by atoms with Gasteiger partial charge in [-0.15, -0.1) is 11.3 Å². The van der Waals surface area contributed by atoms with E-state index in [-0.39, 0.29) is 0 Å². The predicted octanol–water partition coefficient (Wildman–Crippen LogP) is 12.2. The van der Waals surface area contributed by atoms with Gasteiger partial charge in [0.25, 0.3) is 0 Å². The minimum absolute atomic E-state index is 1.17. The third-order valence-electron chi connectivity index (χ3n) is 9.57. The van der Waals surface area contributed by atoms with Crippen molar-refractivity contribution in [3.63, 3.8) is 0 Å². The number of fused-ring (bicyclic) bond motifs is 10. The summed E-state index contributed by atoms with van der Waals surface area (Å²) in [5.41, 5.74) is 11.0. The number of rotatable bonds is 3. The van der Waals surface area contributed by atoms with Crippen LogP contribution in [0.15, 0.2) is 152 Å². The molecule has 216 valence electrons. The van der Waals surface area contributed by atoms with Gasteiger partial charge in [0.15, 0.2) is 0 Å². The van der Waals surface area contributed by atoms with E-state index in [2.05, 4.69) is 168 Å². The van der Waals surface area contributed by atoms with Gasteiger partial charge in [-0.2, -0.15) is 0 Å². The normalized spacial score (nSPS) is 12.0. The van der Waals surface area contributed by atoms with E-state index >= 15 is 0 Å². The van der Waals surface area contributed by atoms with Crippen molar-refractivity contribution in [1.29, 1.82) is 0 Å². The first-order chi connectivity index (χ1) is 22.7. The van der Waals surface area contributed by atoms with E-state index in [0.29, 0.717) is 0 Å². The Labute approximate surface area is 270 Å². The van der Waals surface area contributed by atoms with Gasteiger partial charge >= 0.3 is 0 Å². The third-order valence-corrected chi connectivity index (χ3v) is 10.7. The lowest BCUT2D eigenvalue weighted by molar-refractivity contribution is 1.18. The van der Waals surface area contributed by atoms with Crippen LogP contribution in [0.4, 0.5) is 0 Å². The van der Waals surface area contributed by atoms with E-state index in [1.54, 1.807) is 0 Å². The quantitative estimate of drug-likeness (QED) is 0.190.